The second kappa shape index (κ2) is 8.71. The molecule has 3 heterocycles. The number of benzene rings is 1. The summed E-state index contributed by atoms with van der Waals surface area (Å²) in [4.78, 5) is 5.89. The van der Waals surface area contributed by atoms with Crippen LogP contribution < -0.4 is 5.32 Å². The van der Waals surface area contributed by atoms with E-state index in [1.165, 1.54) is 35.7 Å². The van der Waals surface area contributed by atoms with Gasteiger partial charge in [0.15, 0.2) is 0 Å². The Bertz CT molecular complexity index is 897. The minimum atomic E-state index is 0.655. The van der Waals surface area contributed by atoms with Crippen LogP contribution in [0.1, 0.15) is 24.8 Å². The first-order chi connectivity index (χ1) is 13.8. The summed E-state index contributed by atoms with van der Waals surface area (Å²) in [7, 11) is 2.23. The molecule has 6 nitrogen and oxygen atoms in total. The smallest absolute Gasteiger partial charge is 0.123 e. The highest BCUT2D eigenvalue weighted by Crippen LogP contribution is 2.26. The van der Waals surface area contributed by atoms with E-state index in [2.05, 4.69) is 63.4 Å². The summed E-state index contributed by atoms with van der Waals surface area (Å²) in [5, 5.41) is 12.7. The molecule has 1 aliphatic heterocycles. The van der Waals surface area contributed by atoms with Crippen molar-refractivity contribution >= 4 is 10.9 Å². The standard InChI is InChI=1S/C22H30N6/c1-3-11-27(2)22-9-10-23-13-18(22)6-4-5-17-14-24-21-8-7-19(12-20(17)21)28-15-25-26-16-28/h3,7-8,12,14-16,18,22-24H,1,4-6,9-11,13H2,2H3. The van der Waals surface area contributed by atoms with E-state index in [1.807, 2.05) is 10.6 Å². The van der Waals surface area contributed by atoms with Gasteiger partial charge >= 0.3 is 0 Å². The van der Waals surface area contributed by atoms with E-state index in [0.717, 1.165) is 31.7 Å². The fourth-order valence-electron chi connectivity index (χ4n) is 4.55. The highest BCUT2D eigenvalue weighted by molar-refractivity contribution is 5.85. The van der Waals surface area contributed by atoms with Crippen molar-refractivity contribution in [2.24, 2.45) is 5.92 Å². The molecule has 2 atom stereocenters. The lowest BCUT2D eigenvalue weighted by molar-refractivity contribution is 0.144. The zero-order valence-electron chi connectivity index (χ0n) is 16.6. The predicted molar refractivity (Wildman–Crippen MR) is 114 cm³/mol. The normalized spacial score (nSPS) is 20.1. The maximum atomic E-state index is 3.91. The zero-order valence-corrected chi connectivity index (χ0v) is 16.6. The third kappa shape index (κ3) is 4.03. The van der Waals surface area contributed by atoms with Crippen LogP contribution >= 0.6 is 0 Å². The number of aryl methyl sites for hydroxylation is 1. The molecule has 1 aliphatic rings. The van der Waals surface area contributed by atoms with E-state index in [-0.39, 0.29) is 0 Å². The SMILES string of the molecule is C=CCN(C)C1CCNCC1CCCc1c[nH]c2ccc(-n3cnnc3)cc12. The van der Waals surface area contributed by atoms with Crippen LogP contribution in [0.5, 0.6) is 0 Å². The van der Waals surface area contributed by atoms with Gasteiger partial charge in [-0.05, 0) is 75.5 Å². The number of likely N-dealkylation sites (N-methyl/N-ethyl adjacent to an activating group) is 1. The largest absolute Gasteiger partial charge is 0.361 e. The average molecular weight is 379 g/mol. The van der Waals surface area contributed by atoms with Gasteiger partial charge in [0, 0.05) is 35.4 Å². The Morgan fingerprint density at radius 2 is 2.18 bits per heavy atom. The minimum absolute atomic E-state index is 0.655. The summed E-state index contributed by atoms with van der Waals surface area (Å²) < 4.78 is 1.95. The summed E-state index contributed by atoms with van der Waals surface area (Å²) in [6.07, 6.45) is 12.4. The Kier molecular flexibility index (Phi) is 5.88. The van der Waals surface area contributed by atoms with Crippen molar-refractivity contribution in [2.45, 2.75) is 31.7 Å². The van der Waals surface area contributed by atoms with Crippen LogP contribution in [0, 0.1) is 5.92 Å². The molecule has 0 aliphatic carbocycles. The molecule has 28 heavy (non-hydrogen) atoms. The first-order valence-electron chi connectivity index (χ1n) is 10.2. The van der Waals surface area contributed by atoms with Crippen molar-refractivity contribution < 1.29 is 0 Å². The molecule has 0 saturated carbocycles. The van der Waals surface area contributed by atoms with Crippen molar-refractivity contribution in [1.29, 1.82) is 0 Å². The Balaban J connectivity index is 1.42. The lowest BCUT2D eigenvalue weighted by Crippen LogP contribution is -2.48. The van der Waals surface area contributed by atoms with E-state index >= 15 is 0 Å². The van der Waals surface area contributed by atoms with Crippen LogP contribution in [-0.2, 0) is 6.42 Å². The number of rotatable bonds is 8. The van der Waals surface area contributed by atoms with Crippen molar-refractivity contribution in [3.05, 3.63) is 55.3 Å². The first kappa shape index (κ1) is 18.9. The third-order valence-corrected chi connectivity index (χ3v) is 6.04. The molecule has 4 rings (SSSR count). The molecule has 1 fully saturated rings. The number of aromatic nitrogens is 4. The summed E-state index contributed by atoms with van der Waals surface area (Å²) in [5.74, 6) is 0.705. The molecule has 1 saturated heterocycles. The third-order valence-electron chi connectivity index (χ3n) is 6.04. The average Bonchev–Trinajstić information content (AvgIpc) is 3.38. The summed E-state index contributed by atoms with van der Waals surface area (Å²) in [6.45, 7) is 7.11. The number of fused-ring (bicyclic) bond motifs is 1. The molecule has 148 valence electrons. The molecule has 2 aromatic heterocycles. The minimum Gasteiger partial charge on any atom is -0.361 e. The van der Waals surface area contributed by atoms with Crippen LogP contribution in [0.2, 0.25) is 0 Å². The number of nitrogens with one attached hydrogen (secondary N) is 2. The van der Waals surface area contributed by atoms with Gasteiger partial charge in [0.05, 0.1) is 0 Å². The topological polar surface area (TPSA) is 61.8 Å². The highest BCUT2D eigenvalue weighted by atomic mass is 15.2. The molecule has 0 radical (unpaired) electrons. The van der Waals surface area contributed by atoms with Crippen LogP contribution in [0.3, 0.4) is 0 Å². The molecule has 3 aromatic rings. The van der Waals surface area contributed by atoms with Gasteiger partial charge in [-0.3, -0.25) is 9.47 Å². The number of H-pyrrole nitrogens is 1. The van der Waals surface area contributed by atoms with Crippen molar-refractivity contribution in [3.63, 3.8) is 0 Å². The van der Waals surface area contributed by atoms with E-state index in [9.17, 15) is 0 Å². The summed E-state index contributed by atoms with van der Waals surface area (Å²) in [5.41, 5.74) is 3.68. The lowest BCUT2D eigenvalue weighted by Gasteiger charge is -2.38. The van der Waals surface area contributed by atoms with Gasteiger partial charge in [-0.2, -0.15) is 0 Å². The fraction of sp³-hybridized carbons (Fsp3) is 0.455. The maximum Gasteiger partial charge on any atom is 0.123 e. The second-order valence-corrected chi connectivity index (χ2v) is 7.85. The molecule has 2 unspecified atom stereocenters. The van der Waals surface area contributed by atoms with Crippen molar-refractivity contribution in [1.82, 2.24) is 30.0 Å². The highest BCUT2D eigenvalue weighted by Gasteiger charge is 2.27. The van der Waals surface area contributed by atoms with Crippen LogP contribution in [-0.4, -0.2) is 57.4 Å². The molecular formula is C22H30N6. The number of nitrogens with zero attached hydrogens (tertiary/aromatic N) is 4. The Morgan fingerprint density at radius 3 is 3.00 bits per heavy atom. The van der Waals surface area contributed by atoms with Gasteiger partial charge in [0.2, 0.25) is 0 Å². The molecule has 0 spiro atoms. The van der Waals surface area contributed by atoms with E-state index in [4.69, 9.17) is 0 Å². The number of aromatic amines is 1. The molecule has 0 bridgehead atoms. The summed E-state index contributed by atoms with van der Waals surface area (Å²) in [6, 6.07) is 7.12. The summed E-state index contributed by atoms with van der Waals surface area (Å²) >= 11 is 0. The molecular weight excluding hydrogens is 348 g/mol. The van der Waals surface area contributed by atoms with Crippen LogP contribution in [0.15, 0.2) is 49.7 Å². The van der Waals surface area contributed by atoms with Gasteiger partial charge in [0.25, 0.3) is 0 Å². The predicted octanol–water partition coefficient (Wildman–Crippen LogP) is 3.17. The molecule has 0 amide bonds. The maximum absolute atomic E-state index is 3.91. The Labute approximate surface area is 166 Å². The van der Waals surface area contributed by atoms with E-state index < -0.39 is 0 Å². The number of hydrogen-bond acceptors (Lipinski definition) is 4. The molecule has 6 heteroatoms. The second-order valence-electron chi connectivity index (χ2n) is 7.85. The fourth-order valence-corrected chi connectivity index (χ4v) is 4.55. The lowest BCUT2D eigenvalue weighted by atomic mass is 9.87. The van der Waals surface area contributed by atoms with Crippen molar-refractivity contribution in [2.75, 3.05) is 26.7 Å². The number of hydrogen-bond donors (Lipinski definition) is 2. The molecule has 2 N–H and O–H groups in total. The van der Waals surface area contributed by atoms with Crippen LogP contribution in [0.4, 0.5) is 0 Å². The Morgan fingerprint density at radius 1 is 1.32 bits per heavy atom. The first-order valence-corrected chi connectivity index (χ1v) is 10.2. The van der Waals surface area contributed by atoms with E-state index in [1.54, 1.807) is 12.7 Å². The van der Waals surface area contributed by atoms with Crippen LogP contribution in [0.25, 0.3) is 16.6 Å². The monoisotopic (exact) mass is 378 g/mol. The van der Waals surface area contributed by atoms with E-state index in [0.29, 0.717) is 12.0 Å². The molecule has 1 aromatic carbocycles. The van der Waals surface area contributed by atoms with Gasteiger partial charge in [-0.25, -0.2) is 0 Å². The van der Waals surface area contributed by atoms with Gasteiger partial charge in [-0.1, -0.05) is 6.08 Å². The Hall–Kier alpha value is -2.44. The number of piperidine rings is 1. The van der Waals surface area contributed by atoms with Crippen molar-refractivity contribution in [3.8, 4) is 5.69 Å². The van der Waals surface area contributed by atoms with Gasteiger partial charge < -0.3 is 10.3 Å². The van der Waals surface area contributed by atoms with Gasteiger partial charge in [0.1, 0.15) is 12.7 Å². The van der Waals surface area contributed by atoms with Gasteiger partial charge in [-0.15, -0.1) is 16.8 Å². The quantitative estimate of drug-likeness (QED) is 0.591. The zero-order chi connectivity index (χ0) is 19.3.